The average Bonchev–Trinajstić information content (AvgIpc) is 2.81. The number of ether oxygens (including phenoxy) is 1. The molecule has 0 aliphatic rings. The van der Waals surface area contributed by atoms with Crippen molar-refractivity contribution in [3.63, 3.8) is 0 Å². The summed E-state index contributed by atoms with van der Waals surface area (Å²) in [6, 6.07) is 5.88. The van der Waals surface area contributed by atoms with Crippen LogP contribution in [0.5, 0.6) is 5.75 Å². The summed E-state index contributed by atoms with van der Waals surface area (Å²) in [7, 11) is 0. The molecule has 0 amide bonds. The van der Waals surface area contributed by atoms with Crippen LogP contribution in [0.15, 0.2) is 34.9 Å². The molecule has 0 radical (unpaired) electrons. The zero-order valence-electron chi connectivity index (χ0n) is 10.7. The predicted octanol–water partition coefficient (Wildman–Crippen LogP) is 2.80. The first-order valence-corrected chi connectivity index (χ1v) is 5.80. The number of nitrogens with zero attached hydrogens (tertiary/aromatic N) is 1. The second-order valence-corrected chi connectivity index (χ2v) is 4.08. The molecule has 0 aliphatic carbocycles. The fourth-order valence-electron chi connectivity index (χ4n) is 1.54. The molecule has 1 N–H and O–H groups in total. The Bertz CT molecular complexity index is 648. The monoisotopic (exact) mass is 277 g/mol. The highest BCUT2D eigenvalue weighted by atomic mass is 19.1. The Hall–Kier alpha value is -2.63. The Kier molecular flexibility index (Phi) is 4.14. The first-order valence-electron chi connectivity index (χ1n) is 5.80. The minimum Gasteiger partial charge on any atom is -0.482 e. The number of aromatic nitrogens is 1. The number of halogens is 1. The first kappa shape index (κ1) is 13.8. The smallest absolute Gasteiger partial charge is 0.328 e. The van der Waals surface area contributed by atoms with Crippen LogP contribution in [0, 0.1) is 12.7 Å². The third-order valence-electron chi connectivity index (χ3n) is 2.42. The average molecular weight is 277 g/mol. The highest BCUT2D eigenvalue weighted by Crippen LogP contribution is 2.20. The summed E-state index contributed by atoms with van der Waals surface area (Å²) >= 11 is 0. The van der Waals surface area contributed by atoms with Gasteiger partial charge in [0.25, 0.3) is 0 Å². The van der Waals surface area contributed by atoms with E-state index in [1.165, 1.54) is 18.2 Å². The highest BCUT2D eigenvalue weighted by Gasteiger charge is 2.06. The van der Waals surface area contributed by atoms with Gasteiger partial charge in [-0.25, -0.2) is 9.18 Å². The van der Waals surface area contributed by atoms with Gasteiger partial charge in [-0.3, -0.25) is 0 Å². The van der Waals surface area contributed by atoms with Crippen molar-refractivity contribution >= 4 is 12.0 Å². The minimum absolute atomic E-state index is 0.0616. The number of aryl methyl sites for hydroxylation is 1. The Morgan fingerprint density at radius 2 is 2.30 bits per heavy atom. The molecule has 0 fully saturated rings. The summed E-state index contributed by atoms with van der Waals surface area (Å²) in [4.78, 5) is 10.4. The summed E-state index contributed by atoms with van der Waals surface area (Å²) in [6.45, 7) is 1.85. The maximum absolute atomic E-state index is 13.7. The molecule has 6 heteroatoms. The number of hydrogen-bond donors (Lipinski definition) is 1. The molecule has 5 nitrogen and oxygen atoms in total. The predicted molar refractivity (Wildman–Crippen MR) is 68.6 cm³/mol. The number of aliphatic carboxylic acids is 1. The van der Waals surface area contributed by atoms with E-state index in [-0.39, 0.29) is 12.4 Å². The molecule has 1 heterocycles. The van der Waals surface area contributed by atoms with Gasteiger partial charge in [-0.15, -0.1) is 0 Å². The van der Waals surface area contributed by atoms with E-state index in [1.807, 2.05) is 0 Å². The van der Waals surface area contributed by atoms with Crippen molar-refractivity contribution in [1.82, 2.24) is 5.16 Å². The van der Waals surface area contributed by atoms with Crippen LogP contribution >= 0.6 is 0 Å². The molecule has 0 bridgehead atoms. The first-order chi connectivity index (χ1) is 9.54. The van der Waals surface area contributed by atoms with E-state index in [0.29, 0.717) is 11.3 Å². The van der Waals surface area contributed by atoms with Gasteiger partial charge in [-0.05, 0) is 30.7 Å². The number of hydrogen-bond acceptors (Lipinski definition) is 4. The molecule has 0 aliphatic heterocycles. The molecule has 1 aromatic heterocycles. The van der Waals surface area contributed by atoms with Crippen molar-refractivity contribution < 1.29 is 23.6 Å². The van der Waals surface area contributed by atoms with Gasteiger partial charge in [0.2, 0.25) is 0 Å². The highest BCUT2D eigenvalue weighted by molar-refractivity contribution is 5.85. The maximum Gasteiger partial charge on any atom is 0.328 e. The van der Waals surface area contributed by atoms with E-state index in [1.54, 1.807) is 19.1 Å². The quantitative estimate of drug-likeness (QED) is 0.851. The van der Waals surface area contributed by atoms with Gasteiger partial charge in [0.05, 0.1) is 5.69 Å². The Morgan fingerprint density at radius 1 is 1.50 bits per heavy atom. The van der Waals surface area contributed by atoms with E-state index in [9.17, 15) is 9.18 Å². The molecule has 2 rings (SSSR count). The summed E-state index contributed by atoms with van der Waals surface area (Å²) in [6.07, 6.45) is 2.24. The molecule has 2 aromatic rings. The van der Waals surface area contributed by atoms with Crippen molar-refractivity contribution in [3.8, 4) is 5.75 Å². The fraction of sp³-hybridized carbons (Fsp3) is 0.143. The van der Waals surface area contributed by atoms with Crippen LogP contribution in [0.4, 0.5) is 4.39 Å². The van der Waals surface area contributed by atoms with Crippen LogP contribution in [0.2, 0.25) is 0 Å². The van der Waals surface area contributed by atoms with E-state index >= 15 is 0 Å². The molecular weight excluding hydrogens is 265 g/mol. The molecule has 0 saturated heterocycles. The minimum atomic E-state index is -1.09. The van der Waals surface area contributed by atoms with Crippen molar-refractivity contribution in [2.24, 2.45) is 0 Å². The van der Waals surface area contributed by atoms with Crippen LogP contribution in [-0.2, 0) is 11.4 Å². The lowest BCUT2D eigenvalue weighted by molar-refractivity contribution is -0.131. The van der Waals surface area contributed by atoms with E-state index in [0.717, 1.165) is 11.8 Å². The fourth-order valence-corrected chi connectivity index (χ4v) is 1.54. The topological polar surface area (TPSA) is 72.6 Å². The van der Waals surface area contributed by atoms with Crippen LogP contribution in [0.25, 0.3) is 6.08 Å². The number of benzene rings is 1. The SMILES string of the molecule is Cc1cc(COc2ccc(/C=C/C(=O)O)cc2F)on1. The molecule has 20 heavy (non-hydrogen) atoms. The van der Waals surface area contributed by atoms with Crippen molar-refractivity contribution in [2.75, 3.05) is 0 Å². The number of carboxylic acid groups (broad SMARTS) is 1. The largest absolute Gasteiger partial charge is 0.482 e. The van der Waals surface area contributed by atoms with Gasteiger partial charge in [0.15, 0.2) is 17.3 Å². The van der Waals surface area contributed by atoms with Crippen molar-refractivity contribution in [1.29, 1.82) is 0 Å². The molecule has 0 atom stereocenters. The number of carboxylic acids is 1. The lowest BCUT2D eigenvalue weighted by Gasteiger charge is -2.05. The van der Waals surface area contributed by atoms with Crippen molar-refractivity contribution in [2.45, 2.75) is 13.5 Å². The zero-order chi connectivity index (χ0) is 14.5. The van der Waals surface area contributed by atoms with Gasteiger partial charge >= 0.3 is 5.97 Å². The molecule has 0 unspecified atom stereocenters. The summed E-state index contributed by atoms with van der Waals surface area (Å²) in [5.74, 6) is -1.11. The third-order valence-corrected chi connectivity index (χ3v) is 2.42. The number of rotatable bonds is 5. The summed E-state index contributed by atoms with van der Waals surface area (Å²) in [5, 5.41) is 12.2. The molecule has 0 saturated carbocycles. The standard InChI is InChI=1S/C14H12FNO4/c1-9-6-11(20-16-9)8-19-13-4-2-10(7-12(13)15)3-5-14(17)18/h2-7H,8H2,1H3,(H,17,18)/b5-3+. The van der Waals surface area contributed by atoms with Gasteiger partial charge in [0.1, 0.15) is 6.61 Å². The van der Waals surface area contributed by atoms with Crippen LogP contribution < -0.4 is 4.74 Å². The molecular formula is C14H12FNO4. The normalized spacial score (nSPS) is 10.9. The van der Waals surface area contributed by atoms with Crippen LogP contribution in [0.3, 0.4) is 0 Å². The van der Waals surface area contributed by atoms with Crippen LogP contribution in [-0.4, -0.2) is 16.2 Å². The third kappa shape index (κ3) is 3.68. The number of carbonyl (C=O) groups is 1. The van der Waals surface area contributed by atoms with E-state index in [4.69, 9.17) is 14.4 Å². The van der Waals surface area contributed by atoms with E-state index in [2.05, 4.69) is 5.16 Å². The molecule has 1 aromatic carbocycles. The molecule has 104 valence electrons. The lowest BCUT2D eigenvalue weighted by Crippen LogP contribution is -1.96. The van der Waals surface area contributed by atoms with Gasteiger partial charge in [-0.1, -0.05) is 11.2 Å². The van der Waals surface area contributed by atoms with Gasteiger partial charge in [-0.2, -0.15) is 0 Å². The van der Waals surface area contributed by atoms with Crippen LogP contribution in [0.1, 0.15) is 17.0 Å². The summed E-state index contributed by atoms with van der Waals surface area (Å²) in [5.41, 5.74) is 1.16. The second kappa shape index (κ2) is 6.01. The molecule has 0 spiro atoms. The maximum atomic E-state index is 13.7. The second-order valence-electron chi connectivity index (χ2n) is 4.08. The Labute approximate surface area is 114 Å². The summed E-state index contributed by atoms with van der Waals surface area (Å²) < 4.78 is 23.9. The van der Waals surface area contributed by atoms with E-state index < -0.39 is 11.8 Å². The van der Waals surface area contributed by atoms with Gasteiger partial charge in [0, 0.05) is 12.1 Å². The Balaban J connectivity index is 2.04. The van der Waals surface area contributed by atoms with Gasteiger partial charge < -0.3 is 14.4 Å². The van der Waals surface area contributed by atoms with Crippen molar-refractivity contribution in [3.05, 3.63) is 53.2 Å². The Morgan fingerprint density at radius 3 is 2.90 bits per heavy atom. The lowest BCUT2D eigenvalue weighted by atomic mass is 10.2. The zero-order valence-corrected chi connectivity index (χ0v) is 10.7.